The lowest BCUT2D eigenvalue weighted by atomic mass is 10.3. The van der Waals surface area contributed by atoms with Crippen molar-refractivity contribution in [2.75, 3.05) is 18.7 Å². The van der Waals surface area contributed by atoms with Crippen LogP contribution < -0.4 is 4.72 Å². The minimum atomic E-state index is -3.18. The van der Waals surface area contributed by atoms with Gasteiger partial charge in [-0.25, -0.2) is 22.5 Å². The van der Waals surface area contributed by atoms with Crippen LogP contribution in [0.2, 0.25) is 0 Å². The van der Waals surface area contributed by atoms with Gasteiger partial charge in [0.25, 0.3) is 0 Å². The third kappa shape index (κ3) is 4.39. The Bertz CT molecular complexity index is 730. The van der Waals surface area contributed by atoms with Crippen molar-refractivity contribution in [3.8, 4) is 0 Å². The second-order valence-corrected chi connectivity index (χ2v) is 6.98. The van der Waals surface area contributed by atoms with Crippen LogP contribution >= 0.6 is 11.6 Å². The van der Waals surface area contributed by atoms with Crippen molar-refractivity contribution in [1.29, 1.82) is 0 Å². The number of sulfonamides is 1. The number of nitrogens with zero attached hydrogens (tertiary/aromatic N) is 2. The van der Waals surface area contributed by atoms with Gasteiger partial charge in [0.1, 0.15) is 11.6 Å². The van der Waals surface area contributed by atoms with E-state index in [1.165, 1.54) is 12.1 Å². The van der Waals surface area contributed by atoms with Crippen LogP contribution in [-0.4, -0.2) is 36.6 Å². The molecule has 2 rings (SSSR count). The van der Waals surface area contributed by atoms with Crippen molar-refractivity contribution in [2.45, 2.75) is 19.4 Å². The summed E-state index contributed by atoms with van der Waals surface area (Å²) in [6.45, 7) is 0.941. The molecule has 8 heteroatoms. The molecule has 1 aromatic heterocycles. The number of fused-ring (bicyclic) bond motifs is 1. The standard InChI is InChI=1S/C13H17ClFN3O2S/c1-21(19,20)16-7-2-8-18-12-4-3-10(15)9-11(12)17-13(18)5-6-14/h3-4,9,16H,2,5-8H2,1H3. The predicted octanol–water partition coefficient (Wildman–Crippen LogP) is 1.90. The monoisotopic (exact) mass is 333 g/mol. The van der Waals surface area contributed by atoms with Crippen molar-refractivity contribution in [3.63, 3.8) is 0 Å². The molecular weight excluding hydrogens is 317 g/mol. The van der Waals surface area contributed by atoms with E-state index in [-0.39, 0.29) is 5.82 Å². The predicted molar refractivity (Wildman–Crippen MR) is 81.6 cm³/mol. The van der Waals surface area contributed by atoms with Crippen LogP contribution in [0.15, 0.2) is 18.2 Å². The zero-order valence-corrected chi connectivity index (χ0v) is 13.2. The number of imidazole rings is 1. The van der Waals surface area contributed by atoms with Gasteiger partial charge in [-0.15, -0.1) is 11.6 Å². The van der Waals surface area contributed by atoms with Gasteiger partial charge in [-0.05, 0) is 18.6 Å². The van der Waals surface area contributed by atoms with Gasteiger partial charge in [0.2, 0.25) is 10.0 Å². The smallest absolute Gasteiger partial charge is 0.208 e. The van der Waals surface area contributed by atoms with Crippen LogP contribution in [0.3, 0.4) is 0 Å². The molecule has 5 nitrogen and oxygen atoms in total. The Labute approximate surface area is 128 Å². The molecule has 0 bridgehead atoms. The Balaban J connectivity index is 2.18. The van der Waals surface area contributed by atoms with Gasteiger partial charge >= 0.3 is 0 Å². The number of hydrogen-bond acceptors (Lipinski definition) is 3. The summed E-state index contributed by atoms with van der Waals surface area (Å²) in [5, 5.41) is 0. The second kappa shape index (κ2) is 6.72. The molecular formula is C13H17ClFN3O2S. The maximum Gasteiger partial charge on any atom is 0.208 e. The molecule has 0 fully saturated rings. The van der Waals surface area contributed by atoms with E-state index in [1.54, 1.807) is 6.07 Å². The Morgan fingerprint density at radius 3 is 2.86 bits per heavy atom. The van der Waals surface area contributed by atoms with Crippen LogP contribution in [0.5, 0.6) is 0 Å². The molecule has 0 aliphatic rings. The van der Waals surface area contributed by atoms with E-state index in [0.29, 0.717) is 37.3 Å². The summed E-state index contributed by atoms with van der Waals surface area (Å²) < 4.78 is 39.7. The van der Waals surface area contributed by atoms with Gasteiger partial charge in [-0.2, -0.15) is 0 Å². The number of nitrogens with one attached hydrogen (secondary N) is 1. The first-order chi connectivity index (χ1) is 9.90. The molecule has 0 atom stereocenters. The zero-order chi connectivity index (χ0) is 15.5. The highest BCUT2D eigenvalue weighted by atomic mass is 35.5. The first-order valence-corrected chi connectivity index (χ1v) is 8.98. The Morgan fingerprint density at radius 2 is 2.19 bits per heavy atom. The van der Waals surface area contributed by atoms with E-state index >= 15 is 0 Å². The van der Waals surface area contributed by atoms with Crippen molar-refractivity contribution >= 4 is 32.7 Å². The van der Waals surface area contributed by atoms with E-state index in [1.807, 2.05) is 4.57 Å². The summed E-state index contributed by atoms with van der Waals surface area (Å²) in [4.78, 5) is 4.39. The van der Waals surface area contributed by atoms with Crippen molar-refractivity contribution < 1.29 is 12.8 Å². The largest absolute Gasteiger partial charge is 0.328 e. The van der Waals surface area contributed by atoms with Gasteiger partial charge in [-0.3, -0.25) is 0 Å². The Kier molecular flexibility index (Phi) is 5.18. The maximum absolute atomic E-state index is 13.2. The third-order valence-corrected chi connectivity index (χ3v) is 3.95. The summed E-state index contributed by atoms with van der Waals surface area (Å²) in [5.41, 5.74) is 1.42. The zero-order valence-electron chi connectivity index (χ0n) is 11.6. The Morgan fingerprint density at radius 1 is 1.43 bits per heavy atom. The van der Waals surface area contributed by atoms with Gasteiger partial charge in [-0.1, -0.05) is 0 Å². The molecule has 0 unspecified atom stereocenters. The number of benzene rings is 1. The second-order valence-electron chi connectivity index (χ2n) is 4.77. The van der Waals surface area contributed by atoms with Crippen molar-refractivity contribution in [3.05, 3.63) is 29.8 Å². The molecule has 1 heterocycles. The lowest BCUT2D eigenvalue weighted by Crippen LogP contribution is -2.24. The van der Waals surface area contributed by atoms with E-state index in [9.17, 15) is 12.8 Å². The van der Waals surface area contributed by atoms with Gasteiger partial charge in [0.15, 0.2) is 0 Å². The van der Waals surface area contributed by atoms with Crippen LogP contribution in [-0.2, 0) is 23.0 Å². The fourth-order valence-electron chi connectivity index (χ4n) is 2.17. The number of hydrogen-bond donors (Lipinski definition) is 1. The van der Waals surface area contributed by atoms with Crippen molar-refractivity contribution in [1.82, 2.24) is 14.3 Å². The highest BCUT2D eigenvalue weighted by Crippen LogP contribution is 2.18. The molecule has 0 aliphatic carbocycles. The fraction of sp³-hybridized carbons (Fsp3) is 0.462. The molecule has 0 aliphatic heterocycles. The van der Waals surface area contributed by atoms with E-state index < -0.39 is 10.0 Å². The molecule has 0 saturated carbocycles. The molecule has 116 valence electrons. The summed E-state index contributed by atoms with van der Waals surface area (Å²) in [6, 6.07) is 4.46. The molecule has 21 heavy (non-hydrogen) atoms. The highest BCUT2D eigenvalue weighted by molar-refractivity contribution is 7.88. The molecule has 2 aromatic rings. The number of halogens is 2. The molecule has 1 N–H and O–H groups in total. The number of aryl methyl sites for hydroxylation is 2. The van der Waals surface area contributed by atoms with E-state index in [0.717, 1.165) is 17.6 Å². The Hall–Kier alpha value is -1.18. The number of aromatic nitrogens is 2. The first-order valence-electron chi connectivity index (χ1n) is 6.56. The van der Waals surface area contributed by atoms with Crippen LogP contribution in [0.1, 0.15) is 12.2 Å². The molecule has 0 radical (unpaired) electrons. The highest BCUT2D eigenvalue weighted by Gasteiger charge is 2.11. The fourth-order valence-corrected chi connectivity index (χ4v) is 2.86. The quantitative estimate of drug-likeness (QED) is 0.621. The third-order valence-electron chi connectivity index (χ3n) is 3.03. The van der Waals surface area contributed by atoms with Crippen LogP contribution in [0, 0.1) is 5.82 Å². The summed E-state index contributed by atoms with van der Waals surface area (Å²) >= 11 is 5.77. The average Bonchev–Trinajstić information content (AvgIpc) is 2.71. The lowest BCUT2D eigenvalue weighted by molar-refractivity contribution is 0.574. The molecule has 0 amide bonds. The lowest BCUT2D eigenvalue weighted by Gasteiger charge is -2.08. The number of rotatable bonds is 7. The maximum atomic E-state index is 13.2. The average molecular weight is 334 g/mol. The minimum Gasteiger partial charge on any atom is -0.328 e. The summed E-state index contributed by atoms with van der Waals surface area (Å²) in [7, 11) is -3.18. The summed E-state index contributed by atoms with van der Waals surface area (Å²) in [6.07, 6.45) is 2.32. The molecule has 0 saturated heterocycles. The van der Waals surface area contributed by atoms with Crippen LogP contribution in [0.25, 0.3) is 11.0 Å². The molecule has 0 spiro atoms. The van der Waals surface area contributed by atoms with E-state index in [4.69, 9.17) is 11.6 Å². The van der Waals surface area contributed by atoms with Gasteiger partial charge < -0.3 is 4.57 Å². The SMILES string of the molecule is CS(=O)(=O)NCCCn1c(CCCl)nc2cc(F)ccc21. The topological polar surface area (TPSA) is 64.0 Å². The summed E-state index contributed by atoms with van der Waals surface area (Å²) in [5.74, 6) is 0.876. The van der Waals surface area contributed by atoms with Gasteiger partial charge in [0, 0.05) is 31.5 Å². The first kappa shape index (κ1) is 16.2. The van der Waals surface area contributed by atoms with E-state index in [2.05, 4.69) is 9.71 Å². The van der Waals surface area contributed by atoms with Crippen molar-refractivity contribution in [2.24, 2.45) is 0 Å². The van der Waals surface area contributed by atoms with Crippen LogP contribution in [0.4, 0.5) is 4.39 Å². The number of alkyl halides is 1. The minimum absolute atomic E-state index is 0.330. The normalized spacial score (nSPS) is 12.1. The van der Waals surface area contributed by atoms with Gasteiger partial charge in [0.05, 0.1) is 17.3 Å². The molecule has 1 aromatic carbocycles.